The second-order valence-electron chi connectivity index (χ2n) is 4.17. The van der Waals surface area contributed by atoms with E-state index in [9.17, 15) is 0 Å². The van der Waals surface area contributed by atoms with Crippen molar-refractivity contribution in [2.45, 2.75) is 13.3 Å². The molecule has 0 aliphatic heterocycles. The number of aromatic amines is 1. The second kappa shape index (κ2) is 5.06. The molecule has 1 N–H and O–H groups in total. The van der Waals surface area contributed by atoms with Gasteiger partial charge in [-0.3, -0.25) is 4.98 Å². The maximum Gasteiger partial charge on any atom is 0.215 e. The maximum absolute atomic E-state index is 5.37. The summed E-state index contributed by atoms with van der Waals surface area (Å²) in [5.74, 6) is 1.50. The van der Waals surface area contributed by atoms with Crippen LogP contribution in [-0.2, 0) is 6.42 Å². The molecule has 0 aliphatic carbocycles. The van der Waals surface area contributed by atoms with Gasteiger partial charge in [-0.05, 0) is 30.7 Å². The van der Waals surface area contributed by atoms with Crippen LogP contribution in [0.3, 0.4) is 0 Å². The standard InChI is InChI=1S/C14H14N4O/c1-2-19-13-4-3-11-14(18-13)17-12(16-11)9-10-5-7-15-8-6-10/h3-8H,2,9H2,1H3,(H,16,17,18). The lowest BCUT2D eigenvalue weighted by molar-refractivity contribution is 0.328. The van der Waals surface area contributed by atoms with Gasteiger partial charge in [0.25, 0.3) is 0 Å². The number of rotatable bonds is 4. The zero-order chi connectivity index (χ0) is 13.1. The summed E-state index contributed by atoms with van der Waals surface area (Å²) in [6.45, 7) is 2.54. The van der Waals surface area contributed by atoms with Crippen molar-refractivity contribution >= 4 is 11.2 Å². The molecule has 0 fully saturated rings. The van der Waals surface area contributed by atoms with Gasteiger partial charge in [0.15, 0.2) is 5.65 Å². The Morgan fingerprint density at radius 3 is 2.74 bits per heavy atom. The molecular weight excluding hydrogens is 240 g/mol. The van der Waals surface area contributed by atoms with Gasteiger partial charge in [0.1, 0.15) is 5.82 Å². The number of H-pyrrole nitrogens is 1. The minimum absolute atomic E-state index is 0.604. The number of ether oxygens (including phenoxy) is 1. The Bertz CT molecular complexity index is 678. The highest BCUT2D eigenvalue weighted by molar-refractivity contribution is 5.71. The van der Waals surface area contributed by atoms with Crippen molar-refractivity contribution in [2.24, 2.45) is 0 Å². The molecule has 0 amide bonds. The summed E-state index contributed by atoms with van der Waals surface area (Å²) >= 11 is 0. The minimum atomic E-state index is 0.604. The quantitative estimate of drug-likeness (QED) is 0.776. The zero-order valence-electron chi connectivity index (χ0n) is 10.6. The van der Waals surface area contributed by atoms with Crippen LogP contribution in [0.4, 0.5) is 0 Å². The topological polar surface area (TPSA) is 63.7 Å². The molecule has 0 radical (unpaired) electrons. The van der Waals surface area contributed by atoms with E-state index in [-0.39, 0.29) is 0 Å². The van der Waals surface area contributed by atoms with Crippen LogP contribution in [0, 0.1) is 0 Å². The van der Waals surface area contributed by atoms with Gasteiger partial charge < -0.3 is 9.72 Å². The summed E-state index contributed by atoms with van der Waals surface area (Å²) in [5.41, 5.74) is 2.78. The molecular formula is C14H14N4O. The highest BCUT2D eigenvalue weighted by atomic mass is 16.5. The third kappa shape index (κ3) is 2.54. The van der Waals surface area contributed by atoms with E-state index in [2.05, 4.69) is 19.9 Å². The van der Waals surface area contributed by atoms with Gasteiger partial charge in [-0.15, -0.1) is 0 Å². The number of aromatic nitrogens is 4. The van der Waals surface area contributed by atoms with Crippen molar-refractivity contribution in [2.75, 3.05) is 6.61 Å². The van der Waals surface area contributed by atoms with Crippen LogP contribution in [0.5, 0.6) is 5.88 Å². The third-order valence-electron chi connectivity index (χ3n) is 2.78. The summed E-state index contributed by atoms with van der Waals surface area (Å²) in [5, 5.41) is 0. The van der Waals surface area contributed by atoms with E-state index in [1.807, 2.05) is 31.2 Å². The molecule has 0 aromatic carbocycles. The van der Waals surface area contributed by atoms with Gasteiger partial charge in [0, 0.05) is 24.9 Å². The number of pyridine rings is 2. The average molecular weight is 254 g/mol. The van der Waals surface area contributed by atoms with Crippen molar-refractivity contribution in [3.8, 4) is 5.88 Å². The second-order valence-corrected chi connectivity index (χ2v) is 4.17. The van der Waals surface area contributed by atoms with E-state index in [4.69, 9.17) is 4.74 Å². The first kappa shape index (κ1) is 11.6. The smallest absolute Gasteiger partial charge is 0.215 e. The lowest BCUT2D eigenvalue weighted by Gasteiger charge is -1.99. The normalized spacial score (nSPS) is 10.8. The summed E-state index contributed by atoms with van der Waals surface area (Å²) in [7, 11) is 0. The van der Waals surface area contributed by atoms with Crippen LogP contribution in [0.2, 0.25) is 0 Å². The number of hydrogen-bond donors (Lipinski definition) is 1. The highest BCUT2D eigenvalue weighted by Crippen LogP contribution is 2.16. The summed E-state index contributed by atoms with van der Waals surface area (Å²) in [4.78, 5) is 16.1. The molecule has 5 heteroatoms. The van der Waals surface area contributed by atoms with Crippen LogP contribution in [0.1, 0.15) is 18.3 Å². The fraction of sp³-hybridized carbons (Fsp3) is 0.214. The van der Waals surface area contributed by atoms with E-state index >= 15 is 0 Å². The molecule has 0 atom stereocenters. The molecule has 3 aromatic heterocycles. The maximum atomic E-state index is 5.37. The molecule has 3 rings (SSSR count). The number of nitrogens with one attached hydrogen (secondary N) is 1. The predicted octanol–water partition coefficient (Wildman–Crippen LogP) is 2.34. The van der Waals surface area contributed by atoms with Gasteiger partial charge in [-0.25, -0.2) is 4.98 Å². The predicted molar refractivity (Wildman–Crippen MR) is 72.1 cm³/mol. The van der Waals surface area contributed by atoms with Crippen molar-refractivity contribution in [3.63, 3.8) is 0 Å². The van der Waals surface area contributed by atoms with Crippen molar-refractivity contribution < 1.29 is 4.74 Å². The summed E-state index contributed by atoms with van der Waals surface area (Å²) in [6, 6.07) is 7.75. The Labute approximate surface area is 110 Å². The third-order valence-corrected chi connectivity index (χ3v) is 2.78. The monoisotopic (exact) mass is 254 g/mol. The van der Waals surface area contributed by atoms with Gasteiger partial charge in [-0.2, -0.15) is 4.98 Å². The Hall–Kier alpha value is -2.43. The zero-order valence-corrected chi connectivity index (χ0v) is 10.6. The van der Waals surface area contributed by atoms with Crippen molar-refractivity contribution in [1.29, 1.82) is 0 Å². The molecule has 0 aliphatic rings. The van der Waals surface area contributed by atoms with Crippen LogP contribution in [0.15, 0.2) is 36.7 Å². The lowest BCUT2D eigenvalue weighted by Crippen LogP contribution is -1.93. The highest BCUT2D eigenvalue weighted by Gasteiger charge is 2.06. The first-order valence-corrected chi connectivity index (χ1v) is 6.22. The van der Waals surface area contributed by atoms with Crippen molar-refractivity contribution in [3.05, 3.63) is 48.0 Å². The molecule has 0 bridgehead atoms. The molecule has 3 heterocycles. The number of imidazole rings is 1. The molecule has 19 heavy (non-hydrogen) atoms. The minimum Gasteiger partial charge on any atom is -0.478 e. The van der Waals surface area contributed by atoms with Crippen LogP contribution < -0.4 is 4.74 Å². The van der Waals surface area contributed by atoms with E-state index in [1.165, 1.54) is 5.56 Å². The molecule has 0 saturated carbocycles. The van der Waals surface area contributed by atoms with E-state index < -0.39 is 0 Å². The summed E-state index contributed by atoms with van der Waals surface area (Å²) < 4.78 is 5.37. The molecule has 0 saturated heterocycles. The van der Waals surface area contributed by atoms with E-state index in [0.717, 1.165) is 17.8 Å². The lowest BCUT2D eigenvalue weighted by atomic mass is 10.2. The van der Waals surface area contributed by atoms with Crippen LogP contribution in [0.25, 0.3) is 11.2 Å². The molecule has 3 aromatic rings. The van der Waals surface area contributed by atoms with Crippen LogP contribution >= 0.6 is 0 Å². The molecule has 0 spiro atoms. The Balaban J connectivity index is 1.89. The van der Waals surface area contributed by atoms with Crippen LogP contribution in [-0.4, -0.2) is 26.5 Å². The fourth-order valence-electron chi connectivity index (χ4n) is 1.93. The Morgan fingerprint density at radius 2 is 1.95 bits per heavy atom. The summed E-state index contributed by atoms with van der Waals surface area (Å²) in [6.07, 6.45) is 4.30. The first-order chi connectivity index (χ1) is 9.35. The van der Waals surface area contributed by atoms with E-state index in [0.29, 0.717) is 18.1 Å². The average Bonchev–Trinajstić information content (AvgIpc) is 2.82. The van der Waals surface area contributed by atoms with Gasteiger partial charge in [0.05, 0.1) is 12.1 Å². The van der Waals surface area contributed by atoms with Gasteiger partial charge in [-0.1, -0.05) is 0 Å². The Kier molecular flexibility index (Phi) is 3.10. The van der Waals surface area contributed by atoms with Crippen molar-refractivity contribution in [1.82, 2.24) is 19.9 Å². The number of hydrogen-bond acceptors (Lipinski definition) is 4. The largest absolute Gasteiger partial charge is 0.478 e. The number of nitrogens with zero attached hydrogens (tertiary/aromatic N) is 3. The van der Waals surface area contributed by atoms with E-state index in [1.54, 1.807) is 12.4 Å². The van der Waals surface area contributed by atoms with Gasteiger partial charge in [0.2, 0.25) is 5.88 Å². The molecule has 96 valence electrons. The first-order valence-electron chi connectivity index (χ1n) is 6.22. The van der Waals surface area contributed by atoms with Gasteiger partial charge >= 0.3 is 0 Å². The molecule has 0 unspecified atom stereocenters. The SMILES string of the molecule is CCOc1ccc2[nH]c(Cc3ccncc3)nc2n1. The number of fused-ring (bicyclic) bond motifs is 1. The Morgan fingerprint density at radius 1 is 1.11 bits per heavy atom. The molecule has 5 nitrogen and oxygen atoms in total. The fourth-order valence-corrected chi connectivity index (χ4v) is 1.93.